The number of hydrogen-bond acceptors (Lipinski definition) is 2. The maximum absolute atomic E-state index is 12.4. The number of hydrogen-bond donors (Lipinski definition) is 1. The molecule has 4 nitrogen and oxygen atoms in total. The number of rotatable bonds is 3. The third-order valence-corrected chi connectivity index (χ3v) is 6.00. The van der Waals surface area contributed by atoms with E-state index >= 15 is 0 Å². The topological polar surface area (TPSA) is 49.4 Å². The second-order valence-electron chi connectivity index (χ2n) is 5.03. The summed E-state index contributed by atoms with van der Waals surface area (Å²) in [6.45, 7) is 4.50. The first-order valence-electron chi connectivity index (χ1n) is 6.46. The third kappa shape index (κ3) is 3.49. The van der Waals surface area contributed by atoms with E-state index in [0.29, 0.717) is 12.2 Å². The molecule has 1 atom stereocenters. The smallest absolute Gasteiger partial charge is 0.271 e. The van der Waals surface area contributed by atoms with Crippen molar-refractivity contribution in [1.29, 1.82) is 0 Å². The van der Waals surface area contributed by atoms with Gasteiger partial charge in [0.1, 0.15) is 0 Å². The summed E-state index contributed by atoms with van der Waals surface area (Å²) >= 11 is 3.41. The van der Waals surface area contributed by atoms with Crippen LogP contribution in [0.2, 0.25) is 0 Å². The Balaban J connectivity index is 2.18. The van der Waals surface area contributed by atoms with Crippen molar-refractivity contribution in [3.63, 3.8) is 0 Å². The maximum atomic E-state index is 12.4. The summed E-state index contributed by atoms with van der Waals surface area (Å²) in [6.07, 6.45) is 2.97. The number of piperidine rings is 1. The Kier molecular flexibility index (Phi) is 4.53. The molecule has 1 heterocycles. The van der Waals surface area contributed by atoms with Crippen molar-refractivity contribution < 1.29 is 8.42 Å². The molecule has 6 heteroatoms. The van der Waals surface area contributed by atoms with Gasteiger partial charge in [-0.3, -0.25) is 4.72 Å². The molecule has 1 aromatic rings. The molecule has 0 radical (unpaired) electrons. The Bertz CT molecular complexity index is 560. The molecule has 0 spiro atoms. The molecule has 1 unspecified atom stereocenters. The fourth-order valence-electron chi connectivity index (χ4n) is 2.34. The van der Waals surface area contributed by atoms with Crippen molar-refractivity contribution >= 4 is 31.8 Å². The molecule has 0 amide bonds. The van der Waals surface area contributed by atoms with Gasteiger partial charge in [-0.15, -0.1) is 0 Å². The third-order valence-electron chi connectivity index (χ3n) is 3.46. The highest BCUT2D eigenvalue weighted by Crippen LogP contribution is 2.24. The van der Waals surface area contributed by atoms with Crippen molar-refractivity contribution in [2.45, 2.75) is 39.2 Å². The molecule has 0 aliphatic carbocycles. The van der Waals surface area contributed by atoms with Crippen LogP contribution in [0.3, 0.4) is 0 Å². The lowest BCUT2D eigenvalue weighted by Crippen LogP contribution is -2.44. The van der Waals surface area contributed by atoms with Crippen LogP contribution >= 0.6 is 15.9 Å². The predicted octanol–water partition coefficient (Wildman–Crippen LogP) is 3.29. The number of aryl methyl sites for hydroxylation is 1. The zero-order chi connectivity index (χ0) is 14.0. The summed E-state index contributed by atoms with van der Waals surface area (Å²) in [5.41, 5.74) is 1.62. The molecule has 1 fully saturated rings. The van der Waals surface area contributed by atoms with Crippen molar-refractivity contribution in [2.75, 3.05) is 11.3 Å². The molecule has 1 aliphatic rings. The van der Waals surface area contributed by atoms with Crippen LogP contribution in [-0.4, -0.2) is 25.3 Å². The van der Waals surface area contributed by atoms with E-state index in [1.165, 1.54) is 0 Å². The molecule has 19 heavy (non-hydrogen) atoms. The monoisotopic (exact) mass is 346 g/mol. The number of halogens is 1. The molecule has 1 N–H and O–H groups in total. The van der Waals surface area contributed by atoms with E-state index in [9.17, 15) is 8.42 Å². The Hall–Kier alpha value is -0.590. The highest BCUT2D eigenvalue weighted by atomic mass is 79.9. The molecule has 106 valence electrons. The van der Waals surface area contributed by atoms with Gasteiger partial charge < -0.3 is 0 Å². The number of nitrogens with one attached hydrogen (secondary N) is 1. The van der Waals surface area contributed by atoms with Crippen LogP contribution < -0.4 is 4.72 Å². The first-order valence-corrected chi connectivity index (χ1v) is 8.69. The minimum Gasteiger partial charge on any atom is -0.271 e. The van der Waals surface area contributed by atoms with Crippen LogP contribution in [0.15, 0.2) is 22.7 Å². The van der Waals surface area contributed by atoms with Crippen molar-refractivity contribution in [3.8, 4) is 0 Å². The predicted molar refractivity (Wildman–Crippen MR) is 81.4 cm³/mol. The molecule has 0 bridgehead atoms. The Morgan fingerprint density at radius 3 is 2.74 bits per heavy atom. The zero-order valence-electron chi connectivity index (χ0n) is 11.2. The fraction of sp³-hybridized carbons (Fsp3) is 0.538. The van der Waals surface area contributed by atoms with E-state index in [1.54, 1.807) is 10.4 Å². The van der Waals surface area contributed by atoms with Gasteiger partial charge >= 0.3 is 10.2 Å². The van der Waals surface area contributed by atoms with Crippen LogP contribution in [0.1, 0.15) is 31.7 Å². The molecular formula is C13H19BrN2O2S. The number of anilines is 1. The van der Waals surface area contributed by atoms with Crippen LogP contribution in [0, 0.1) is 6.92 Å². The van der Waals surface area contributed by atoms with Crippen LogP contribution in [-0.2, 0) is 10.2 Å². The van der Waals surface area contributed by atoms with Crippen LogP contribution in [0.25, 0.3) is 0 Å². The first-order chi connectivity index (χ1) is 8.90. The van der Waals surface area contributed by atoms with Gasteiger partial charge in [-0.05, 0) is 50.5 Å². The summed E-state index contributed by atoms with van der Waals surface area (Å²) in [6, 6.07) is 5.52. The molecule has 1 aromatic carbocycles. The van der Waals surface area contributed by atoms with E-state index in [0.717, 1.165) is 29.3 Å². The molecule has 1 saturated heterocycles. The second kappa shape index (κ2) is 5.81. The van der Waals surface area contributed by atoms with E-state index in [1.807, 2.05) is 26.0 Å². The standard InChI is InChI=1S/C13H19BrN2O2S/c1-10-9-12(6-7-13(10)14)15-19(17,18)16-8-4-3-5-11(16)2/h6-7,9,11,15H,3-5,8H2,1-2H3. The largest absolute Gasteiger partial charge is 0.301 e. The van der Waals surface area contributed by atoms with Gasteiger partial charge in [0, 0.05) is 17.1 Å². The second-order valence-corrected chi connectivity index (χ2v) is 7.50. The number of nitrogens with zero attached hydrogens (tertiary/aromatic N) is 1. The van der Waals surface area contributed by atoms with Crippen LogP contribution in [0.5, 0.6) is 0 Å². The van der Waals surface area contributed by atoms with Gasteiger partial charge in [-0.2, -0.15) is 12.7 Å². The van der Waals surface area contributed by atoms with Gasteiger partial charge in [0.25, 0.3) is 0 Å². The lowest BCUT2D eigenvalue weighted by atomic mass is 10.1. The van der Waals surface area contributed by atoms with Crippen molar-refractivity contribution in [2.24, 2.45) is 0 Å². The fourth-order valence-corrected chi connectivity index (χ4v) is 4.08. The van der Waals surface area contributed by atoms with Gasteiger partial charge in [-0.25, -0.2) is 0 Å². The van der Waals surface area contributed by atoms with Crippen LogP contribution in [0.4, 0.5) is 5.69 Å². The lowest BCUT2D eigenvalue weighted by Gasteiger charge is -2.32. The van der Waals surface area contributed by atoms with Gasteiger partial charge in [0.2, 0.25) is 0 Å². The Labute approximate surface area is 123 Å². The minimum absolute atomic E-state index is 0.0720. The first kappa shape index (κ1) is 14.8. The Morgan fingerprint density at radius 1 is 1.37 bits per heavy atom. The van der Waals surface area contributed by atoms with Gasteiger partial charge in [0.15, 0.2) is 0 Å². The highest BCUT2D eigenvalue weighted by Gasteiger charge is 2.29. The molecule has 1 aliphatic heterocycles. The lowest BCUT2D eigenvalue weighted by molar-refractivity contribution is 0.270. The normalized spacial score (nSPS) is 21.3. The average Bonchev–Trinajstić information content (AvgIpc) is 2.34. The number of benzene rings is 1. The summed E-state index contributed by atoms with van der Waals surface area (Å²) in [7, 11) is -3.45. The highest BCUT2D eigenvalue weighted by molar-refractivity contribution is 9.10. The summed E-state index contributed by atoms with van der Waals surface area (Å²) in [5, 5.41) is 0. The molecule has 2 rings (SSSR count). The summed E-state index contributed by atoms with van der Waals surface area (Å²) in [5.74, 6) is 0. The Morgan fingerprint density at radius 2 is 2.11 bits per heavy atom. The van der Waals surface area contributed by atoms with Gasteiger partial charge in [0.05, 0.1) is 5.69 Å². The molecular weight excluding hydrogens is 328 g/mol. The summed E-state index contributed by atoms with van der Waals surface area (Å²) < 4.78 is 29.9. The zero-order valence-corrected chi connectivity index (χ0v) is 13.6. The maximum Gasteiger partial charge on any atom is 0.301 e. The van der Waals surface area contributed by atoms with Gasteiger partial charge in [-0.1, -0.05) is 22.4 Å². The average molecular weight is 347 g/mol. The summed E-state index contributed by atoms with van der Waals surface area (Å²) in [4.78, 5) is 0. The van der Waals surface area contributed by atoms with E-state index in [2.05, 4.69) is 20.7 Å². The van der Waals surface area contributed by atoms with E-state index in [-0.39, 0.29) is 6.04 Å². The van der Waals surface area contributed by atoms with E-state index < -0.39 is 10.2 Å². The quantitative estimate of drug-likeness (QED) is 0.912. The SMILES string of the molecule is Cc1cc(NS(=O)(=O)N2CCCCC2C)ccc1Br. The van der Waals surface area contributed by atoms with Crippen molar-refractivity contribution in [3.05, 3.63) is 28.2 Å². The van der Waals surface area contributed by atoms with E-state index in [4.69, 9.17) is 0 Å². The molecule has 0 aromatic heterocycles. The van der Waals surface area contributed by atoms with Crippen molar-refractivity contribution in [1.82, 2.24) is 4.31 Å². The molecule has 0 saturated carbocycles. The minimum atomic E-state index is -3.45.